The fourth-order valence-electron chi connectivity index (χ4n) is 4.37. The highest BCUT2D eigenvalue weighted by Gasteiger charge is 2.03. The zero-order chi connectivity index (χ0) is 21.9. The quantitative estimate of drug-likeness (QED) is 0.259. The molecule has 0 aromatic heterocycles. The van der Waals surface area contributed by atoms with E-state index in [0.29, 0.717) is 0 Å². The summed E-state index contributed by atoms with van der Waals surface area (Å²) in [4.78, 5) is 0. The molecule has 0 heteroatoms. The summed E-state index contributed by atoms with van der Waals surface area (Å²) in [6.07, 6.45) is 8.94. The Morgan fingerprint density at radius 2 is 0.781 bits per heavy atom. The summed E-state index contributed by atoms with van der Waals surface area (Å²) in [5.74, 6) is 0. The maximum atomic E-state index is 2.29. The molecule has 154 valence electrons. The largest absolute Gasteiger partial charge is 0.0616 e. The molecule has 0 nitrogen and oxygen atoms in total. The third-order valence-corrected chi connectivity index (χ3v) is 6.19. The van der Waals surface area contributed by atoms with Crippen LogP contribution in [0, 0.1) is 13.8 Å². The second-order valence-electron chi connectivity index (χ2n) is 8.37. The van der Waals surface area contributed by atoms with E-state index in [0.717, 1.165) is 0 Å². The van der Waals surface area contributed by atoms with Gasteiger partial charge in [0.25, 0.3) is 0 Å². The minimum Gasteiger partial charge on any atom is -0.0616 e. The van der Waals surface area contributed by atoms with Crippen molar-refractivity contribution in [2.75, 3.05) is 0 Å². The number of hydrogen-bond donors (Lipinski definition) is 0. The lowest BCUT2D eigenvalue weighted by atomic mass is 9.97. The van der Waals surface area contributed by atoms with Crippen molar-refractivity contribution in [3.63, 3.8) is 0 Å². The van der Waals surface area contributed by atoms with Gasteiger partial charge in [-0.1, -0.05) is 121 Å². The first kappa shape index (κ1) is 20.0. The standard InChI is InChI=1S/C32H26/c1-23-21-30(20-18-28-14-8-12-26-10-4-6-16-32(26)28)24(2)22-29(23)19-17-27-13-7-11-25-9-3-5-15-31(25)27/h3-22H,1-2H3/b19-17+,20-18+. The van der Waals surface area contributed by atoms with Crippen LogP contribution in [0.25, 0.3) is 45.8 Å². The second kappa shape index (κ2) is 8.69. The lowest BCUT2D eigenvalue weighted by Crippen LogP contribution is -1.88. The summed E-state index contributed by atoms with van der Waals surface area (Å²) in [7, 11) is 0. The first-order chi connectivity index (χ1) is 15.7. The van der Waals surface area contributed by atoms with Crippen LogP contribution < -0.4 is 0 Å². The summed E-state index contributed by atoms with van der Waals surface area (Å²) in [5, 5.41) is 5.12. The van der Waals surface area contributed by atoms with Gasteiger partial charge in [0.15, 0.2) is 0 Å². The van der Waals surface area contributed by atoms with Crippen LogP contribution in [-0.2, 0) is 0 Å². The molecule has 0 aliphatic rings. The molecule has 5 aromatic carbocycles. The molecule has 0 atom stereocenters. The van der Waals surface area contributed by atoms with Gasteiger partial charge in [-0.15, -0.1) is 0 Å². The van der Waals surface area contributed by atoms with Gasteiger partial charge in [-0.25, -0.2) is 0 Å². The summed E-state index contributed by atoms with van der Waals surface area (Å²) in [6.45, 7) is 4.38. The SMILES string of the molecule is Cc1cc(/C=C/c2cccc3ccccc23)c(C)cc1/C=C/c1cccc2ccccc12. The van der Waals surface area contributed by atoms with Crippen LogP contribution in [-0.4, -0.2) is 0 Å². The Bertz CT molecular complexity index is 1360. The zero-order valence-electron chi connectivity index (χ0n) is 18.5. The summed E-state index contributed by atoms with van der Waals surface area (Å²) in [6, 6.07) is 34.6. The molecule has 0 amide bonds. The Hall–Kier alpha value is -3.90. The number of aryl methyl sites for hydroxylation is 2. The molecule has 0 fully saturated rings. The normalized spacial score (nSPS) is 11.8. The summed E-state index contributed by atoms with van der Waals surface area (Å²) >= 11 is 0. The van der Waals surface area contributed by atoms with Crippen molar-refractivity contribution in [2.45, 2.75) is 13.8 Å². The molecule has 0 bridgehead atoms. The molecule has 32 heavy (non-hydrogen) atoms. The van der Waals surface area contributed by atoms with Crippen LogP contribution in [0.4, 0.5) is 0 Å². The van der Waals surface area contributed by atoms with Crippen molar-refractivity contribution >= 4 is 45.8 Å². The average molecular weight is 411 g/mol. The van der Waals surface area contributed by atoms with Gasteiger partial charge in [0.1, 0.15) is 0 Å². The number of rotatable bonds is 4. The summed E-state index contributed by atoms with van der Waals surface area (Å²) < 4.78 is 0. The van der Waals surface area contributed by atoms with Crippen LogP contribution in [0.3, 0.4) is 0 Å². The average Bonchev–Trinajstić information content (AvgIpc) is 2.83. The lowest BCUT2D eigenvalue weighted by Gasteiger charge is -2.08. The lowest BCUT2D eigenvalue weighted by molar-refractivity contribution is 1.36. The molecule has 0 N–H and O–H groups in total. The minimum atomic E-state index is 1.25. The van der Waals surface area contributed by atoms with Gasteiger partial charge in [-0.3, -0.25) is 0 Å². The van der Waals surface area contributed by atoms with Crippen molar-refractivity contribution in [1.29, 1.82) is 0 Å². The van der Waals surface area contributed by atoms with Crippen LogP contribution in [0.15, 0.2) is 97.1 Å². The Labute approximate surface area is 190 Å². The second-order valence-corrected chi connectivity index (χ2v) is 8.37. The first-order valence-electron chi connectivity index (χ1n) is 11.1. The van der Waals surface area contributed by atoms with E-state index in [1.807, 2.05) is 0 Å². The van der Waals surface area contributed by atoms with E-state index in [1.54, 1.807) is 0 Å². The van der Waals surface area contributed by atoms with E-state index in [9.17, 15) is 0 Å². The molecule has 0 aliphatic heterocycles. The predicted octanol–water partition coefficient (Wildman–Crippen LogP) is 8.95. The molecule has 5 rings (SSSR count). The van der Waals surface area contributed by atoms with Gasteiger partial charge in [0, 0.05) is 0 Å². The number of hydrogen-bond acceptors (Lipinski definition) is 0. The molecule has 0 saturated carbocycles. The third-order valence-electron chi connectivity index (χ3n) is 6.19. The highest BCUT2D eigenvalue weighted by Crippen LogP contribution is 2.25. The number of fused-ring (bicyclic) bond motifs is 2. The van der Waals surface area contributed by atoms with Gasteiger partial charge < -0.3 is 0 Å². The maximum absolute atomic E-state index is 2.29. The molecule has 5 aromatic rings. The molecule has 0 aliphatic carbocycles. The Balaban J connectivity index is 1.45. The predicted molar refractivity (Wildman–Crippen MR) is 142 cm³/mol. The Morgan fingerprint density at radius 3 is 1.25 bits per heavy atom. The van der Waals surface area contributed by atoms with Gasteiger partial charge >= 0.3 is 0 Å². The molecule has 0 spiro atoms. The van der Waals surface area contributed by atoms with Crippen molar-refractivity contribution in [1.82, 2.24) is 0 Å². The van der Waals surface area contributed by atoms with Gasteiger partial charge in [0.2, 0.25) is 0 Å². The molecule has 0 radical (unpaired) electrons. The fraction of sp³-hybridized carbons (Fsp3) is 0.0625. The molecule has 0 saturated heterocycles. The monoisotopic (exact) mass is 410 g/mol. The highest BCUT2D eigenvalue weighted by atomic mass is 14.1. The van der Waals surface area contributed by atoms with Crippen LogP contribution in [0.1, 0.15) is 33.4 Å². The Morgan fingerprint density at radius 1 is 0.406 bits per heavy atom. The van der Waals surface area contributed by atoms with Crippen LogP contribution in [0.5, 0.6) is 0 Å². The molecular weight excluding hydrogens is 384 g/mol. The van der Waals surface area contributed by atoms with E-state index in [-0.39, 0.29) is 0 Å². The fourth-order valence-corrected chi connectivity index (χ4v) is 4.37. The van der Waals surface area contributed by atoms with E-state index in [4.69, 9.17) is 0 Å². The highest BCUT2D eigenvalue weighted by molar-refractivity contribution is 5.94. The van der Waals surface area contributed by atoms with E-state index >= 15 is 0 Å². The van der Waals surface area contributed by atoms with E-state index in [1.165, 1.54) is 54.9 Å². The molecule has 0 unspecified atom stereocenters. The smallest absolute Gasteiger partial charge is 0.0111 e. The molecule has 0 heterocycles. The van der Waals surface area contributed by atoms with Crippen molar-refractivity contribution < 1.29 is 0 Å². The summed E-state index contributed by atoms with van der Waals surface area (Å²) in [5.41, 5.74) is 7.59. The van der Waals surface area contributed by atoms with Gasteiger partial charge in [-0.2, -0.15) is 0 Å². The number of benzene rings is 5. The first-order valence-corrected chi connectivity index (χ1v) is 11.1. The van der Waals surface area contributed by atoms with Crippen molar-refractivity contribution in [3.8, 4) is 0 Å². The van der Waals surface area contributed by atoms with Crippen LogP contribution >= 0.6 is 0 Å². The van der Waals surface area contributed by atoms with Gasteiger partial charge in [0.05, 0.1) is 0 Å². The third kappa shape index (κ3) is 4.00. The van der Waals surface area contributed by atoms with Crippen LogP contribution in [0.2, 0.25) is 0 Å². The maximum Gasteiger partial charge on any atom is -0.0111 e. The van der Waals surface area contributed by atoms with E-state index in [2.05, 4.69) is 135 Å². The van der Waals surface area contributed by atoms with E-state index < -0.39 is 0 Å². The Kier molecular flexibility index (Phi) is 5.44. The van der Waals surface area contributed by atoms with Crippen molar-refractivity contribution in [3.05, 3.63) is 130 Å². The minimum absolute atomic E-state index is 1.25. The topological polar surface area (TPSA) is 0 Å². The zero-order valence-corrected chi connectivity index (χ0v) is 18.5. The van der Waals surface area contributed by atoms with Crippen molar-refractivity contribution in [2.24, 2.45) is 0 Å². The van der Waals surface area contributed by atoms with Gasteiger partial charge in [-0.05, 0) is 68.8 Å². The molecular formula is C32H26.